The Labute approximate surface area is 127 Å². The van der Waals surface area contributed by atoms with E-state index in [-0.39, 0.29) is 19.1 Å². The fourth-order valence-electron chi connectivity index (χ4n) is 1.72. The van der Waals surface area contributed by atoms with Crippen LogP contribution < -0.4 is 10.1 Å². The van der Waals surface area contributed by atoms with Gasteiger partial charge in [-0.3, -0.25) is 9.78 Å². The Balaban J connectivity index is 1.94. The molecule has 0 saturated heterocycles. The molecule has 0 spiro atoms. The summed E-state index contributed by atoms with van der Waals surface area (Å²) in [6.45, 7) is 1.55. The van der Waals surface area contributed by atoms with Gasteiger partial charge in [-0.1, -0.05) is 11.6 Å². The van der Waals surface area contributed by atoms with Crippen LogP contribution in [0.2, 0.25) is 5.02 Å². The Morgan fingerprint density at radius 1 is 1.43 bits per heavy atom. The number of anilines is 1. The molecule has 1 amide bonds. The zero-order valence-electron chi connectivity index (χ0n) is 11.5. The Hall–Kier alpha value is -2.11. The fourth-order valence-corrected chi connectivity index (χ4v) is 1.83. The summed E-state index contributed by atoms with van der Waals surface area (Å²) in [7, 11) is 0. The third-order valence-corrected chi connectivity index (χ3v) is 3.28. The number of aliphatic hydroxyl groups excluding tert-OH is 1. The van der Waals surface area contributed by atoms with Gasteiger partial charge in [-0.05, 0) is 36.8 Å². The number of nitrogens with zero attached hydrogens (tertiary/aromatic N) is 1. The molecule has 0 aliphatic heterocycles. The van der Waals surface area contributed by atoms with Crippen LogP contribution >= 0.6 is 11.6 Å². The third-order valence-electron chi connectivity index (χ3n) is 2.86. The Morgan fingerprint density at radius 2 is 2.24 bits per heavy atom. The van der Waals surface area contributed by atoms with Gasteiger partial charge in [0.15, 0.2) is 6.61 Å². The zero-order chi connectivity index (χ0) is 15.2. The second-order valence-electron chi connectivity index (χ2n) is 4.44. The molecule has 0 aliphatic rings. The van der Waals surface area contributed by atoms with Gasteiger partial charge in [-0.15, -0.1) is 0 Å². The summed E-state index contributed by atoms with van der Waals surface area (Å²) in [5.74, 6) is 0.242. The summed E-state index contributed by atoms with van der Waals surface area (Å²) in [6.07, 6.45) is 3.03. The van der Waals surface area contributed by atoms with Crippen molar-refractivity contribution in [3.8, 4) is 5.75 Å². The number of amides is 1. The third kappa shape index (κ3) is 4.18. The van der Waals surface area contributed by atoms with Gasteiger partial charge in [0.05, 0.1) is 18.5 Å². The quantitative estimate of drug-likeness (QED) is 0.890. The topological polar surface area (TPSA) is 71.5 Å². The molecular formula is C15H15ClN2O3. The van der Waals surface area contributed by atoms with E-state index < -0.39 is 0 Å². The van der Waals surface area contributed by atoms with Crippen molar-refractivity contribution in [1.82, 2.24) is 4.98 Å². The van der Waals surface area contributed by atoms with Crippen molar-refractivity contribution < 1.29 is 14.6 Å². The SMILES string of the molecule is Cc1cc(OCC(=O)Nc2cnccc2CO)ccc1Cl. The molecule has 0 radical (unpaired) electrons. The lowest BCUT2D eigenvalue weighted by Gasteiger charge is -2.10. The molecule has 2 N–H and O–H groups in total. The number of nitrogens with one attached hydrogen (secondary N) is 1. The van der Waals surface area contributed by atoms with E-state index in [1.165, 1.54) is 6.20 Å². The molecule has 0 fully saturated rings. The summed E-state index contributed by atoms with van der Waals surface area (Å²) in [5.41, 5.74) is 1.95. The van der Waals surface area contributed by atoms with Gasteiger partial charge in [0.25, 0.3) is 5.91 Å². The Kier molecular flexibility index (Phi) is 5.14. The Morgan fingerprint density at radius 3 is 2.95 bits per heavy atom. The molecule has 5 nitrogen and oxygen atoms in total. The largest absolute Gasteiger partial charge is 0.484 e. The first-order valence-corrected chi connectivity index (χ1v) is 6.70. The molecule has 0 saturated carbocycles. The van der Waals surface area contributed by atoms with E-state index in [4.69, 9.17) is 16.3 Å². The number of aliphatic hydroxyl groups is 1. The number of hydrogen-bond donors (Lipinski definition) is 2. The first-order chi connectivity index (χ1) is 10.1. The van der Waals surface area contributed by atoms with Crippen molar-refractivity contribution in [3.63, 3.8) is 0 Å². The van der Waals surface area contributed by atoms with Gasteiger partial charge in [0.1, 0.15) is 5.75 Å². The average molecular weight is 307 g/mol. The monoisotopic (exact) mass is 306 g/mol. The number of carbonyl (C=O) groups excluding carboxylic acids is 1. The van der Waals surface area contributed by atoms with E-state index in [9.17, 15) is 9.90 Å². The normalized spacial score (nSPS) is 10.2. The molecule has 110 valence electrons. The highest BCUT2D eigenvalue weighted by atomic mass is 35.5. The van der Waals surface area contributed by atoms with Crippen molar-refractivity contribution in [2.24, 2.45) is 0 Å². The zero-order valence-corrected chi connectivity index (χ0v) is 12.2. The van der Waals surface area contributed by atoms with Gasteiger partial charge >= 0.3 is 0 Å². The van der Waals surface area contributed by atoms with Crippen molar-refractivity contribution in [1.29, 1.82) is 0 Å². The number of pyridine rings is 1. The minimum Gasteiger partial charge on any atom is -0.484 e. The summed E-state index contributed by atoms with van der Waals surface area (Å²) < 4.78 is 5.40. The maximum absolute atomic E-state index is 11.8. The summed E-state index contributed by atoms with van der Waals surface area (Å²) in [4.78, 5) is 15.7. The second-order valence-corrected chi connectivity index (χ2v) is 4.85. The predicted molar refractivity (Wildman–Crippen MR) is 80.5 cm³/mol. The standard InChI is InChI=1S/C15H15ClN2O3/c1-10-6-12(2-3-13(10)16)21-9-15(20)18-14-7-17-5-4-11(14)8-19/h2-7,19H,8-9H2,1H3,(H,18,20). The lowest BCUT2D eigenvalue weighted by atomic mass is 10.2. The number of rotatable bonds is 5. The van der Waals surface area contributed by atoms with Crippen molar-refractivity contribution in [2.45, 2.75) is 13.5 Å². The Bertz CT molecular complexity index is 647. The molecule has 0 aliphatic carbocycles. The van der Waals surface area contributed by atoms with Crippen LogP contribution in [0.1, 0.15) is 11.1 Å². The van der Waals surface area contributed by atoms with Crippen LogP contribution in [0.5, 0.6) is 5.75 Å². The van der Waals surface area contributed by atoms with E-state index in [2.05, 4.69) is 10.3 Å². The van der Waals surface area contributed by atoms with Gasteiger partial charge in [0.2, 0.25) is 0 Å². The van der Waals surface area contributed by atoms with Crippen molar-refractivity contribution >= 4 is 23.2 Å². The first kappa shape index (κ1) is 15.3. The number of aromatic nitrogens is 1. The molecule has 0 unspecified atom stereocenters. The van der Waals surface area contributed by atoms with Gasteiger partial charge < -0.3 is 15.2 Å². The second kappa shape index (κ2) is 7.06. The fraction of sp³-hybridized carbons (Fsp3) is 0.200. The molecule has 1 aromatic carbocycles. The predicted octanol–water partition coefficient (Wildman–Crippen LogP) is 2.55. The minimum absolute atomic E-state index is 0.138. The molecule has 2 rings (SSSR count). The molecular weight excluding hydrogens is 292 g/mol. The number of halogens is 1. The van der Waals surface area contributed by atoms with E-state index >= 15 is 0 Å². The van der Waals surface area contributed by atoms with Gasteiger partial charge in [-0.25, -0.2) is 0 Å². The molecule has 2 aromatic rings. The summed E-state index contributed by atoms with van der Waals surface area (Å²) >= 11 is 5.92. The van der Waals surface area contributed by atoms with Crippen LogP contribution in [-0.2, 0) is 11.4 Å². The number of ether oxygens (including phenoxy) is 1. The molecule has 21 heavy (non-hydrogen) atoms. The molecule has 1 heterocycles. The van der Waals surface area contributed by atoms with E-state index in [0.29, 0.717) is 22.0 Å². The van der Waals surface area contributed by atoms with Crippen LogP contribution in [-0.4, -0.2) is 22.6 Å². The maximum Gasteiger partial charge on any atom is 0.262 e. The van der Waals surface area contributed by atoms with E-state index in [1.54, 1.807) is 30.5 Å². The first-order valence-electron chi connectivity index (χ1n) is 6.32. The van der Waals surface area contributed by atoms with E-state index in [0.717, 1.165) is 5.56 Å². The average Bonchev–Trinajstić information content (AvgIpc) is 2.49. The number of hydrogen-bond acceptors (Lipinski definition) is 4. The number of aryl methyl sites for hydroxylation is 1. The van der Waals surface area contributed by atoms with Crippen LogP contribution in [0.4, 0.5) is 5.69 Å². The molecule has 1 aromatic heterocycles. The van der Waals surface area contributed by atoms with Crippen molar-refractivity contribution in [2.75, 3.05) is 11.9 Å². The molecule has 0 bridgehead atoms. The van der Waals surface area contributed by atoms with Crippen LogP contribution in [0.15, 0.2) is 36.7 Å². The van der Waals surface area contributed by atoms with Gasteiger partial charge in [0, 0.05) is 16.8 Å². The van der Waals surface area contributed by atoms with E-state index in [1.807, 2.05) is 6.92 Å². The summed E-state index contributed by atoms with van der Waals surface area (Å²) in [5, 5.41) is 12.5. The lowest BCUT2D eigenvalue weighted by Crippen LogP contribution is -2.21. The van der Waals surface area contributed by atoms with Crippen LogP contribution in [0.25, 0.3) is 0 Å². The number of benzene rings is 1. The molecule has 0 atom stereocenters. The molecule has 6 heteroatoms. The lowest BCUT2D eigenvalue weighted by molar-refractivity contribution is -0.118. The minimum atomic E-state index is -0.328. The highest BCUT2D eigenvalue weighted by molar-refractivity contribution is 6.31. The highest BCUT2D eigenvalue weighted by Gasteiger charge is 2.08. The smallest absolute Gasteiger partial charge is 0.262 e. The van der Waals surface area contributed by atoms with Crippen LogP contribution in [0, 0.1) is 6.92 Å². The van der Waals surface area contributed by atoms with Crippen molar-refractivity contribution in [3.05, 3.63) is 52.8 Å². The summed E-state index contributed by atoms with van der Waals surface area (Å²) in [6, 6.07) is 6.82. The van der Waals surface area contributed by atoms with Gasteiger partial charge in [-0.2, -0.15) is 0 Å². The van der Waals surface area contributed by atoms with Crippen LogP contribution in [0.3, 0.4) is 0 Å². The maximum atomic E-state index is 11.8. The highest BCUT2D eigenvalue weighted by Crippen LogP contribution is 2.21. The number of carbonyl (C=O) groups is 1.